The molecule has 25 heavy (non-hydrogen) atoms. The molecule has 0 radical (unpaired) electrons. The number of fused-ring (bicyclic) bond motifs is 1. The fourth-order valence-corrected chi connectivity index (χ4v) is 3.22. The average molecular weight is 353 g/mol. The number of hydrogen-bond donors (Lipinski definition) is 1. The maximum atomic E-state index is 12.6. The number of likely N-dealkylation sites (N-methyl/N-ethyl adjacent to an activating group) is 1. The second-order valence-electron chi connectivity index (χ2n) is 6.69. The lowest BCUT2D eigenvalue weighted by Gasteiger charge is -2.31. The van der Waals surface area contributed by atoms with E-state index in [9.17, 15) is 13.9 Å². The molecule has 0 saturated heterocycles. The van der Waals surface area contributed by atoms with E-state index < -0.39 is 18.4 Å². The predicted molar refractivity (Wildman–Crippen MR) is 96.2 cm³/mol. The molecule has 2 unspecified atom stereocenters. The molecular formula is C19H29F2N3O. The summed E-state index contributed by atoms with van der Waals surface area (Å²) in [7, 11) is 2.04. The molecule has 0 amide bonds. The van der Waals surface area contributed by atoms with Crippen molar-refractivity contribution in [2.75, 3.05) is 13.6 Å². The highest BCUT2D eigenvalue weighted by atomic mass is 19.3. The smallest absolute Gasteiger partial charge is 0.239 e. The largest absolute Gasteiger partial charge is 0.385 e. The second-order valence-corrected chi connectivity index (χ2v) is 6.69. The SMILES string of the molecule is CC/C=C(/C=C1/c2cnc(C(O)C(C)CC(F)F)n2CCN1C)CC. The van der Waals surface area contributed by atoms with Crippen molar-refractivity contribution < 1.29 is 13.9 Å². The fraction of sp³-hybridized carbons (Fsp3) is 0.632. The van der Waals surface area contributed by atoms with Crippen LogP contribution in [0.1, 0.15) is 57.7 Å². The number of aliphatic hydroxyl groups is 1. The van der Waals surface area contributed by atoms with E-state index in [1.54, 1.807) is 13.1 Å². The summed E-state index contributed by atoms with van der Waals surface area (Å²) in [5.74, 6) is -0.0514. The maximum Gasteiger partial charge on any atom is 0.239 e. The second kappa shape index (κ2) is 8.61. The summed E-state index contributed by atoms with van der Waals surface area (Å²) >= 11 is 0. The van der Waals surface area contributed by atoms with Gasteiger partial charge in [0.2, 0.25) is 6.43 Å². The van der Waals surface area contributed by atoms with Crippen molar-refractivity contribution in [3.8, 4) is 0 Å². The molecule has 2 heterocycles. The number of aliphatic hydroxyl groups excluding tert-OH is 1. The van der Waals surface area contributed by atoms with E-state index in [0.717, 1.165) is 30.8 Å². The molecule has 6 heteroatoms. The summed E-state index contributed by atoms with van der Waals surface area (Å²) in [4.78, 5) is 6.55. The van der Waals surface area contributed by atoms with E-state index >= 15 is 0 Å². The van der Waals surface area contributed by atoms with Gasteiger partial charge in [-0.25, -0.2) is 13.8 Å². The molecule has 0 saturated carbocycles. The summed E-state index contributed by atoms with van der Waals surface area (Å²) in [6.07, 6.45) is 4.30. The molecule has 0 fully saturated rings. The molecule has 0 spiro atoms. The Morgan fingerprint density at radius 2 is 2.08 bits per heavy atom. The van der Waals surface area contributed by atoms with Gasteiger partial charge in [0.15, 0.2) is 0 Å². The predicted octanol–water partition coefficient (Wildman–Crippen LogP) is 4.24. The Morgan fingerprint density at radius 1 is 1.36 bits per heavy atom. The Morgan fingerprint density at radius 3 is 2.68 bits per heavy atom. The average Bonchev–Trinajstić information content (AvgIpc) is 2.99. The normalized spacial score (nSPS) is 19.4. The Labute approximate surface area is 148 Å². The van der Waals surface area contributed by atoms with E-state index in [2.05, 4.69) is 35.9 Å². The third kappa shape index (κ3) is 4.48. The first-order valence-electron chi connectivity index (χ1n) is 9.02. The highest BCUT2D eigenvalue weighted by Gasteiger charge is 2.28. The summed E-state index contributed by atoms with van der Waals surface area (Å²) in [5, 5.41) is 10.5. The lowest BCUT2D eigenvalue weighted by Crippen LogP contribution is -2.31. The topological polar surface area (TPSA) is 41.3 Å². The molecular weight excluding hydrogens is 324 g/mol. The number of rotatable bonds is 7. The number of hydrogen-bond acceptors (Lipinski definition) is 3. The Hall–Kier alpha value is -1.69. The highest BCUT2D eigenvalue weighted by molar-refractivity contribution is 5.65. The number of nitrogens with zero attached hydrogens (tertiary/aromatic N) is 3. The number of aromatic nitrogens is 2. The molecule has 1 aromatic rings. The molecule has 2 rings (SSSR count). The molecule has 2 atom stereocenters. The fourth-order valence-electron chi connectivity index (χ4n) is 3.22. The van der Waals surface area contributed by atoms with Crippen molar-refractivity contribution in [3.63, 3.8) is 0 Å². The van der Waals surface area contributed by atoms with Gasteiger partial charge >= 0.3 is 0 Å². The molecule has 1 aliphatic rings. The van der Waals surface area contributed by atoms with Crippen molar-refractivity contribution >= 4 is 5.70 Å². The first-order chi connectivity index (χ1) is 11.9. The summed E-state index contributed by atoms with van der Waals surface area (Å²) in [6, 6.07) is 0. The van der Waals surface area contributed by atoms with Crippen molar-refractivity contribution in [2.24, 2.45) is 5.92 Å². The molecule has 0 aliphatic carbocycles. The van der Waals surface area contributed by atoms with Gasteiger partial charge in [-0.1, -0.05) is 32.4 Å². The van der Waals surface area contributed by atoms with Crippen LogP contribution in [0.5, 0.6) is 0 Å². The minimum Gasteiger partial charge on any atom is -0.385 e. The monoisotopic (exact) mass is 353 g/mol. The van der Waals surface area contributed by atoms with Crippen LogP contribution in [0, 0.1) is 5.92 Å². The lowest BCUT2D eigenvalue weighted by atomic mass is 10.0. The minimum atomic E-state index is -2.42. The third-order valence-electron chi connectivity index (χ3n) is 4.77. The van der Waals surface area contributed by atoms with Crippen molar-refractivity contribution in [2.45, 2.75) is 59.1 Å². The summed E-state index contributed by atoms with van der Waals surface area (Å²) in [5.41, 5.74) is 3.25. The zero-order chi connectivity index (χ0) is 18.6. The van der Waals surface area contributed by atoms with E-state index in [1.165, 1.54) is 5.57 Å². The molecule has 140 valence electrons. The Balaban J connectivity index is 2.36. The van der Waals surface area contributed by atoms with E-state index in [-0.39, 0.29) is 6.42 Å². The summed E-state index contributed by atoms with van der Waals surface area (Å²) in [6.45, 7) is 7.36. The molecule has 0 aromatic carbocycles. The highest BCUT2D eigenvalue weighted by Crippen LogP contribution is 2.31. The molecule has 4 nitrogen and oxygen atoms in total. The van der Waals surface area contributed by atoms with Crippen LogP contribution in [0.2, 0.25) is 0 Å². The van der Waals surface area contributed by atoms with Gasteiger partial charge in [-0.15, -0.1) is 0 Å². The van der Waals surface area contributed by atoms with Gasteiger partial charge in [0.1, 0.15) is 11.9 Å². The van der Waals surface area contributed by atoms with Crippen LogP contribution in [0.15, 0.2) is 23.9 Å². The zero-order valence-corrected chi connectivity index (χ0v) is 15.5. The Bertz CT molecular complexity index is 637. The van der Waals surface area contributed by atoms with E-state index in [1.807, 2.05) is 11.6 Å². The molecule has 0 bridgehead atoms. The Kier molecular flexibility index (Phi) is 6.76. The number of halogens is 2. The van der Waals surface area contributed by atoms with Gasteiger partial charge in [0.25, 0.3) is 0 Å². The summed E-state index contributed by atoms with van der Waals surface area (Å²) < 4.78 is 27.2. The van der Waals surface area contributed by atoms with Gasteiger partial charge < -0.3 is 14.6 Å². The zero-order valence-electron chi connectivity index (χ0n) is 15.5. The number of imidazole rings is 1. The standard InChI is InChI=1S/C19H29F2N3O/c1-5-7-14(6-2)11-15-16-12-22-19(24(16)9-8-23(15)4)18(25)13(3)10-17(20)21/h7,11-13,17-18,25H,5-6,8-10H2,1-4H3/b14-7+,15-11-. The van der Waals surface area contributed by atoms with Crippen molar-refractivity contribution in [1.29, 1.82) is 0 Å². The van der Waals surface area contributed by atoms with Crippen LogP contribution in [0.3, 0.4) is 0 Å². The van der Waals surface area contributed by atoms with Gasteiger partial charge in [-0.3, -0.25) is 0 Å². The van der Waals surface area contributed by atoms with Crippen molar-refractivity contribution in [3.05, 3.63) is 35.4 Å². The van der Waals surface area contributed by atoms with Crippen LogP contribution in [0.25, 0.3) is 5.70 Å². The molecule has 1 aliphatic heterocycles. The first kappa shape index (κ1) is 19.6. The quantitative estimate of drug-likeness (QED) is 0.797. The third-order valence-corrected chi connectivity index (χ3v) is 4.77. The first-order valence-corrected chi connectivity index (χ1v) is 9.02. The minimum absolute atomic E-state index is 0.328. The molecule has 1 N–H and O–H groups in total. The van der Waals surface area contributed by atoms with Crippen LogP contribution < -0.4 is 0 Å². The lowest BCUT2D eigenvalue weighted by molar-refractivity contribution is 0.0480. The maximum absolute atomic E-state index is 12.6. The van der Waals surface area contributed by atoms with Gasteiger partial charge in [0, 0.05) is 26.6 Å². The van der Waals surface area contributed by atoms with Crippen LogP contribution in [0.4, 0.5) is 8.78 Å². The van der Waals surface area contributed by atoms with Gasteiger partial charge in [-0.05, 0) is 24.8 Å². The van der Waals surface area contributed by atoms with Gasteiger partial charge in [0.05, 0.1) is 17.6 Å². The number of alkyl halides is 2. The van der Waals surface area contributed by atoms with Gasteiger partial charge in [-0.2, -0.15) is 0 Å². The van der Waals surface area contributed by atoms with Crippen LogP contribution in [-0.2, 0) is 6.54 Å². The number of allylic oxidation sites excluding steroid dienone is 3. The molecule has 1 aromatic heterocycles. The van der Waals surface area contributed by atoms with Crippen LogP contribution >= 0.6 is 0 Å². The van der Waals surface area contributed by atoms with Crippen LogP contribution in [-0.4, -0.2) is 39.6 Å². The van der Waals surface area contributed by atoms with Crippen molar-refractivity contribution in [1.82, 2.24) is 14.5 Å². The van der Waals surface area contributed by atoms with E-state index in [4.69, 9.17) is 0 Å². The van der Waals surface area contributed by atoms with E-state index in [0.29, 0.717) is 12.4 Å².